The van der Waals surface area contributed by atoms with Crippen LogP contribution in [0.25, 0.3) is 0 Å². The zero-order valence-corrected chi connectivity index (χ0v) is 14.5. The van der Waals surface area contributed by atoms with E-state index in [2.05, 4.69) is 34.0 Å². The summed E-state index contributed by atoms with van der Waals surface area (Å²) in [4.78, 5) is 16.4. The van der Waals surface area contributed by atoms with Crippen LogP contribution in [0.2, 0.25) is 0 Å². The molecule has 3 N–H and O–H groups in total. The van der Waals surface area contributed by atoms with Crippen LogP contribution in [0.4, 0.5) is 10.5 Å². The van der Waals surface area contributed by atoms with Crippen molar-refractivity contribution in [2.75, 3.05) is 11.9 Å². The molecule has 0 spiro atoms. The normalized spacial score (nSPS) is 12.2. The Hall–Kier alpha value is -2.34. The summed E-state index contributed by atoms with van der Waals surface area (Å²) >= 11 is 0. The van der Waals surface area contributed by atoms with Crippen LogP contribution in [0, 0.1) is 0 Å². The zero-order chi connectivity index (χ0) is 17.5. The molecule has 1 heterocycles. The maximum absolute atomic E-state index is 12.0. The predicted molar refractivity (Wildman–Crippen MR) is 95.2 cm³/mol. The van der Waals surface area contributed by atoms with Crippen LogP contribution >= 0.6 is 0 Å². The number of carbonyl (C=O) groups is 1. The van der Waals surface area contributed by atoms with E-state index >= 15 is 0 Å². The first-order valence-electron chi connectivity index (χ1n) is 8.31. The van der Waals surface area contributed by atoms with Gasteiger partial charge in [0.05, 0.1) is 12.6 Å². The first-order valence-corrected chi connectivity index (χ1v) is 8.31. The van der Waals surface area contributed by atoms with Gasteiger partial charge in [-0.15, -0.1) is 0 Å². The van der Waals surface area contributed by atoms with E-state index in [1.165, 1.54) is 0 Å². The lowest BCUT2D eigenvalue weighted by Gasteiger charge is -2.15. The largest absolute Gasteiger partial charge is 0.394 e. The number of aliphatic hydroxyl groups is 1. The van der Waals surface area contributed by atoms with E-state index in [1.54, 1.807) is 0 Å². The van der Waals surface area contributed by atoms with Crippen molar-refractivity contribution in [3.63, 3.8) is 0 Å². The minimum Gasteiger partial charge on any atom is -0.394 e. The van der Waals surface area contributed by atoms with E-state index in [0.29, 0.717) is 18.9 Å². The Balaban J connectivity index is 2.03. The fourth-order valence-electron chi connectivity index (χ4n) is 2.53. The predicted octanol–water partition coefficient (Wildman–Crippen LogP) is 2.95. The molecule has 0 bridgehead atoms. The maximum Gasteiger partial charge on any atom is 0.319 e. The first kappa shape index (κ1) is 18.0. The second-order valence-corrected chi connectivity index (χ2v) is 6.15. The van der Waals surface area contributed by atoms with Crippen molar-refractivity contribution in [3.8, 4) is 0 Å². The Morgan fingerprint density at radius 1 is 1.38 bits per heavy atom. The third-order valence-electron chi connectivity index (χ3n) is 3.85. The number of urea groups is 1. The number of rotatable bonds is 7. The lowest BCUT2D eigenvalue weighted by molar-refractivity contribution is 0.222. The molecule has 1 aromatic carbocycles. The van der Waals surface area contributed by atoms with Crippen LogP contribution in [0.3, 0.4) is 0 Å². The van der Waals surface area contributed by atoms with Crippen molar-refractivity contribution in [1.29, 1.82) is 0 Å². The van der Waals surface area contributed by atoms with E-state index in [4.69, 9.17) is 5.11 Å². The molecule has 0 aliphatic carbocycles. The summed E-state index contributed by atoms with van der Waals surface area (Å²) in [7, 11) is 0. The summed E-state index contributed by atoms with van der Waals surface area (Å²) in [5.41, 5.74) is 1.81. The molecule has 0 fully saturated rings. The number of nitrogens with zero attached hydrogens (tertiary/aromatic N) is 2. The molecule has 2 aromatic rings. The summed E-state index contributed by atoms with van der Waals surface area (Å²) in [5.74, 6) is 1.40. The highest BCUT2D eigenvalue weighted by atomic mass is 16.3. The molecule has 1 atom stereocenters. The second-order valence-electron chi connectivity index (χ2n) is 6.15. The van der Waals surface area contributed by atoms with Gasteiger partial charge in [0.2, 0.25) is 0 Å². The summed E-state index contributed by atoms with van der Waals surface area (Å²) in [6.45, 7) is 6.79. The number of aromatic nitrogens is 2. The van der Waals surface area contributed by atoms with E-state index in [0.717, 1.165) is 17.1 Å². The van der Waals surface area contributed by atoms with Gasteiger partial charge in [-0.2, -0.15) is 0 Å². The highest BCUT2D eigenvalue weighted by Crippen LogP contribution is 2.16. The Kier molecular flexibility index (Phi) is 6.37. The van der Waals surface area contributed by atoms with Crippen molar-refractivity contribution in [1.82, 2.24) is 14.9 Å². The van der Waals surface area contributed by atoms with Crippen LogP contribution in [-0.2, 0) is 6.54 Å². The molecule has 24 heavy (non-hydrogen) atoms. The third kappa shape index (κ3) is 4.83. The molecular weight excluding hydrogens is 304 g/mol. The van der Waals surface area contributed by atoms with Crippen LogP contribution in [0.15, 0.2) is 36.7 Å². The fraction of sp³-hybridized carbons (Fsp3) is 0.444. The standard InChI is InChI=1S/C18H26N4O2/c1-4-15(12-23)20-18(24)21-16-7-5-6-14(10-16)11-22-9-8-19-17(22)13(2)3/h5-10,13,15,23H,4,11-12H2,1-3H3,(H2,20,21,24)/t15-/m0/s1. The number of nitrogens with one attached hydrogen (secondary N) is 2. The quantitative estimate of drug-likeness (QED) is 0.730. The molecule has 6 nitrogen and oxygen atoms in total. The Bertz CT molecular complexity index is 663. The van der Waals surface area contributed by atoms with E-state index in [1.807, 2.05) is 43.6 Å². The van der Waals surface area contributed by atoms with Gasteiger partial charge in [0.1, 0.15) is 5.82 Å². The molecule has 0 aliphatic rings. The number of aliphatic hydroxyl groups excluding tert-OH is 1. The molecule has 130 valence electrons. The summed E-state index contributed by atoms with van der Waals surface area (Å²) in [5, 5.41) is 14.7. The third-order valence-corrected chi connectivity index (χ3v) is 3.85. The summed E-state index contributed by atoms with van der Waals surface area (Å²) in [6, 6.07) is 7.20. The number of hydrogen-bond acceptors (Lipinski definition) is 3. The van der Waals surface area contributed by atoms with Crippen molar-refractivity contribution < 1.29 is 9.90 Å². The Labute approximate surface area is 142 Å². The average molecular weight is 330 g/mol. The lowest BCUT2D eigenvalue weighted by Crippen LogP contribution is -2.39. The fourth-order valence-corrected chi connectivity index (χ4v) is 2.53. The number of carbonyl (C=O) groups excluding carboxylic acids is 1. The van der Waals surface area contributed by atoms with Gasteiger partial charge in [0, 0.05) is 30.5 Å². The van der Waals surface area contributed by atoms with E-state index in [-0.39, 0.29) is 18.7 Å². The van der Waals surface area contributed by atoms with Gasteiger partial charge in [-0.1, -0.05) is 32.9 Å². The maximum atomic E-state index is 12.0. The Morgan fingerprint density at radius 3 is 2.83 bits per heavy atom. The number of hydrogen-bond donors (Lipinski definition) is 3. The van der Waals surface area contributed by atoms with Crippen molar-refractivity contribution in [2.45, 2.75) is 45.7 Å². The molecule has 6 heteroatoms. The average Bonchev–Trinajstić information content (AvgIpc) is 3.01. The van der Waals surface area contributed by atoms with Crippen LogP contribution in [-0.4, -0.2) is 33.3 Å². The monoisotopic (exact) mass is 330 g/mol. The molecule has 0 aliphatic heterocycles. The van der Waals surface area contributed by atoms with Crippen LogP contribution < -0.4 is 10.6 Å². The minimum absolute atomic E-state index is 0.0669. The van der Waals surface area contributed by atoms with Gasteiger partial charge in [0.25, 0.3) is 0 Å². The number of amides is 2. The van der Waals surface area contributed by atoms with E-state index < -0.39 is 0 Å². The molecule has 2 rings (SSSR count). The highest BCUT2D eigenvalue weighted by Gasteiger charge is 2.10. The minimum atomic E-state index is -0.307. The molecule has 2 amide bonds. The second kappa shape index (κ2) is 8.49. The SMILES string of the molecule is CC[C@@H](CO)NC(=O)Nc1cccc(Cn2ccnc2C(C)C)c1. The van der Waals surface area contributed by atoms with Crippen LogP contribution in [0.5, 0.6) is 0 Å². The van der Waals surface area contributed by atoms with Gasteiger partial charge in [-0.3, -0.25) is 0 Å². The molecular formula is C18H26N4O2. The van der Waals surface area contributed by atoms with E-state index in [9.17, 15) is 4.79 Å². The molecule has 0 unspecified atom stereocenters. The summed E-state index contributed by atoms with van der Waals surface area (Å²) < 4.78 is 2.11. The summed E-state index contributed by atoms with van der Waals surface area (Å²) in [6.07, 6.45) is 4.46. The molecule has 0 radical (unpaired) electrons. The molecule has 0 saturated heterocycles. The van der Waals surface area contributed by atoms with Gasteiger partial charge in [-0.25, -0.2) is 9.78 Å². The highest BCUT2D eigenvalue weighted by molar-refractivity contribution is 5.89. The molecule has 0 saturated carbocycles. The lowest BCUT2D eigenvalue weighted by atomic mass is 10.1. The van der Waals surface area contributed by atoms with Crippen molar-refractivity contribution >= 4 is 11.7 Å². The van der Waals surface area contributed by atoms with Gasteiger partial charge in [-0.05, 0) is 24.1 Å². The number of benzene rings is 1. The van der Waals surface area contributed by atoms with Gasteiger partial charge >= 0.3 is 6.03 Å². The van der Waals surface area contributed by atoms with Crippen molar-refractivity contribution in [3.05, 3.63) is 48.0 Å². The number of imidazole rings is 1. The van der Waals surface area contributed by atoms with Gasteiger partial charge < -0.3 is 20.3 Å². The number of anilines is 1. The topological polar surface area (TPSA) is 79.2 Å². The van der Waals surface area contributed by atoms with Crippen molar-refractivity contribution in [2.24, 2.45) is 0 Å². The Morgan fingerprint density at radius 2 is 2.17 bits per heavy atom. The van der Waals surface area contributed by atoms with Crippen LogP contribution in [0.1, 0.15) is 44.5 Å². The molecule has 1 aromatic heterocycles. The zero-order valence-electron chi connectivity index (χ0n) is 14.5. The first-order chi connectivity index (χ1) is 11.5. The smallest absolute Gasteiger partial charge is 0.319 e. The van der Waals surface area contributed by atoms with Gasteiger partial charge in [0.15, 0.2) is 0 Å².